The minimum atomic E-state index is -0.273. The van der Waals surface area contributed by atoms with Crippen molar-refractivity contribution in [1.82, 2.24) is 30.2 Å². The Morgan fingerprint density at radius 1 is 1.19 bits per heavy atom. The molecule has 1 aromatic carbocycles. The second-order valence-corrected chi connectivity index (χ2v) is 10.6. The number of hydrogen-bond donors (Lipinski definition) is 3. The number of carbonyl (C=O) groups excluding carboxylic acids is 2. The number of hydrogen-bond acceptors (Lipinski definition) is 8. The normalized spacial score (nSPS) is 15.3. The van der Waals surface area contributed by atoms with E-state index < -0.39 is 0 Å². The van der Waals surface area contributed by atoms with E-state index in [1.807, 2.05) is 36.4 Å². The molecular formula is C32H38N8O3. The maximum Gasteiger partial charge on any atom is 0.274 e. The Labute approximate surface area is 251 Å². The van der Waals surface area contributed by atoms with E-state index in [2.05, 4.69) is 59.9 Å². The molecule has 11 nitrogen and oxygen atoms in total. The summed E-state index contributed by atoms with van der Waals surface area (Å²) in [6.45, 7) is 10.1. The van der Waals surface area contributed by atoms with Crippen molar-refractivity contribution < 1.29 is 14.3 Å². The molecule has 4 heterocycles. The number of likely N-dealkylation sites (N-methyl/N-ethyl adjacent to an activating group) is 1. The second kappa shape index (κ2) is 14.0. The molecule has 1 aliphatic rings. The van der Waals surface area contributed by atoms with Gasteiger partial charge in [0.2, 0.25) is 5.91 Å². The zero-order valence-corrected chi connectivity index (χ0v) is 24.7. The number of aromatic amines is 1. The summed E-state index contributed by atoms with van der Waals surface area (Å²) in [5.41, 5.74) is 4.66. The van der Waals surface area contributed by atoms with Crippen LogP contribution in [0.4, 0.5) is 11.5 Å². The average molecular weight is 583 g/mol. The Morgan fingerprint density at radius 2 is 2.02 bits per heavy atom. The zero-order chi connectivity index (χ0) is 30.2. The van der Waals surface area contributed by atoms with Crippen molar-refractivity contribution in [3.8, 4) is 11.3 Å². The summed E-state index contributed by atoms with van der Waals surface area (Å²) in [6, 6.07) is 13.6. The number of amides is 2. The van der Waals surface area contributed by atoms with Crippen molar-refractivity contribution in [2.24, 2.45) is 0 Å². The lowest BCUT2D eigenvalue weighted by Gasteiger charge is -2.33. The van der Waals surface area contributed by atoms with Crippen molar-refractivity contribution in [2.45, 2.75) is 32.4 Å². The van der Waals surface area contributed by atoms with Crippen LogP contribution in [-0.2, 0) is 16.1 Å². The Kier molecular flexibility index (Phi) is 9.75. The number of pyridine rings is 1. The van der Waals surface area contributed by atoms with Gasteiger partial charge < -0.3 is 25.3 Å². The number of fused-ring (bicyclic) bond motifs is 1. The lowest BCUT2D eigenvalue weighted by atomic mass is 10.0. The SMILES string of the molecule is C=CC(=O)NC1CCCN(Cc2ccnc(C(=O)Nc3ccc(-c4cc5c(N(CC)CCOC)ncnc5[nH]4)cc3)c2)C1. The number of piperidine rings is 1. The molecule has 3 aromatic heterocycles. The number of nitrogens with zero attached hydrogens (tertiary/aromatic N) is 5. The molecule has 0 bridgehead atoms. The van der Waals surface area contributed by atoms with Crippen molar-refractivity contribution in [3.63, 3.8) is 0 Å². The smallest absolute Gasteiger partial charge is 0.274 e. The molecule has 0 radical (unpaired) electrons. The molecule has 0 saturated carbocycles. The third kappa shape index (κ3) is 7.43. The summed E-state index contributed by atoms with van der Waals surface area (Å²) in [6.07, 6.45) is 6.48. The number of benzene rings is 1. The highest BCUT2D eigenvalue weighted by molar-refractivity contribution is 6.03. The second-order valence-electron chi connectivity index (χ2n) is 10.6. The zero-order valence-electron chi connectivity index (χ0n) is 24.7. The van der Waals surface area contributed by atoms with Crippen molar-refractivity contribution in [1.29, 1.82) is 0 Å². The highest BCUT2D eigenvalue weighted by atomic mass is 16.5. The van der Waals surface area contributed by atoms with Gasteiger partial charge in [-0.25, -0.2) is 9.97 Å². The Hall–Kier alpha value is -4.61. The van der Waals surface area contributed by atoms with E-state index in [0.717, 1.165) is 72.7 Å². The third-order valence-electron chi connectivity index (χ3n) is 7.61. The van der Waals surface area contributed by atoms with Gasteiger partial charge in [-0.1, -0.05) is 18.7 Å². The van der Waals surface area contributed by atoms with Crippen LogP contribution in [0.2, 0.25) is 0 Å². The first-order valence-electron chi connectivity index (χ1n) is 14.6. The number of carbonyl (C=O) groups is 2. The van der Waals surface area contributed by atoms with Gasteiger partial charge in [-0.2, -0.15) is 0 Å². The van der Waals surface area contributed by atoms with Crippen LogP contribution in [-0.4, -0.2) is 82.6 Å². The predicted molar refractivity (Wildman–Crippen MR) is 168 cm³/mol. The standard InChI is InChI=1S/C32H38N8O3/c1-4-29(41)36-25-7-6-14-39(20-25)19-22-12-13-33-28(17-22)32(42)37-24-10-8-23(9-11-24)27-18-26-30(38-27)34-21-35-31(26)40(5-2)15-16-43-3/h4,8-13,17-18,21,25H,1,5-7,14-16,19-20H2,2-3H3,(H,36,41)(H,37,42)(H,34,35,38). The molecule has 1 unspecified atom stereocenters. The number of aromatic nitrogens is 4. The van der Waals surface area contributed by atoms with E-state index in [1.54, 1.807) is 19.6 Å². The summed E-state index contributed by atoms with van der Waals surface area (Å²) < 4.78 is 5.26. The molecule has 0 spiro atoms. The van der Waals surface area contributed by atoms with Gasteiger partial charge in [0, 0.05) is 56.9 Å². The first kappa shape index (κ1) is 29.9. The van der Waals surface area contributed by atoms with E-state index in [0.29, 0.717) is 24.5 Å². The topological polar surface area (TPSA) is 128 Å². The van der Waals surface area contributed by atoms with Crippen LogP contribution in [0, 0.1) is 0 Å². The first-order chi connectivity index (χ1) is 21.0. The largest absolute Gasteiger partial charge is 0.383 e. The molecule has 2 amide bonds. The van der Waals surface area contributed by atoms with Crippen LogP contribution in [0.15, 0.2) is 67.6 Å². The van der Waals surface area contributed by atoms with Gasteiger partial charge in [0.25, 0.3) is 5.91 Å². The third-order valence-corrected chi connectivity index (χ3v) is 7.61. The molecular weight excluding hydrogens is 544 g/mol. The van der Waals surface area contributed by atoms with E-state index in [-0.39, 0.29) is 17.9 Å². The summed E-state index contributed by atoms with van der Waals surface area (Å²) in [4.78, 5) is 45.9. The molecule has 1 aliphatic heterocycles. The van der Waals surface area contributed by atoms with E-state index >= 15 is 0 Å². The van der Waals surface area contributed by atoms with E-state index in [9.17, 15) is 9.59 Å². The van der Waals surface area contributed by atoms with E-state index in [1.165, 1.54) is 6.08 Å². The van der Waals surface area contributed by atoms with Gasteiger partial charge in [-0.15, -0.1) is 0 Å². The fourth-order valence-corrected chi connectivity index (χ4v) is 5.41. The fourth-order valence-electron chi connectivity index (χ4n) is 5.41. The molecule has 11 heteroatoms. The van der Waals surface area contributed by atoms with Crippen LogP contribution in [0.25, 0.3) is 22.3 Å². The molecule has 5 rings (SSSR count). The number of H-pyrrole nitrogens is 1. The van der Waals surface area contributed by atoms with Crippen molar-refractivity contribution in [3.05, 3.63) is 78.9 Å². The summed E-state index contributed by atoms with van der Waals surface area (Å²) in [5.74, 6) is 0.445. The van der Waals surface area contributed by atoms with Crippen molar-refractivity contribution >= 4 is 34.4 Å². The fraction of sp³-hybridized carbons (Fsp3) is 0.344. The van der Waals surface area contributed by atoms with Crippen LogP contribution < -0.4 is 15.5 Å². The maximum absolute atomic E-state index is 13.1. The number of nitrogens with one attached hydrogen (secondary N) is 3. The minimum Gasteiger partial charge on any atom is -0.383 e. The Bertz CT molecular complexity index is 1570. The Balaban J connectivity index is 1.23. The molecule has 3 N–H and O–H groups in total. The maximum atomic E-state index is 13.1. The van der Waals surface area contributed by atoms with Gasteiger partial charge in [0.1, 0.15) is 23.5 Å². The van der Waals surface area contributed by atoms with Gasteiger partial charge in [0.15, 0.2) is 0 Å². The predicted octanol–water partition coefficient (Wildman–Crippen LogP) is 4.01. The number of anilines is 2. The van der Waals surface area contributed by atoms with Gasteiger partial charge >= 0.3 is 0 Å². The lowest BCUT2D eigenvalue weighted by molar-refractivity contribution is -0.117. The van der Waals surface area contributed by atoms with Crippen molar-refractivity contribution in [2.75, 3.05) is 50.1 Å². The molecule has 224 valence electrons. The lowest BCUT2D eigenvalue weighted by Crippen LogP contribution is -2.46. The van der Waals surface area contributed by atoms with Gasteiger partial charge in [-0.05, 0) is 73.8 Å². The summed E-state index contributed by atoms with van der Waals surface area (Å²) in [5, 5.41) is 6.89. The highest BCUT2D eigenvalue weighted by Gasteiger charge is 2.21. The molecule has 1 saturated heterocycles. The number of ether oxygens (including phenoxy) is 1. The Morgan fingerprint density at radius 3 is 2.79 bits per heavy atom. The molecule has 1 atom stereocenters. The number of methoxy groups -OCH3 is 1. The van der Waals surface area contributed by atoms with Crippen LogP contribution in [0.3, 0.4) is 0 Å². The highest BCUT2D eigenvalue weighted by Crippen LogP contribution is 2.29. The summed E-state index contributed by atoms with van der Waals surface area (Å²) in [7, 11) is 1.69. The number of likely N-dealkylation sites (tertiary alicyclic amines) is 1. The minimum absolute atomic E-state index is 0.0955. The number of rotatable bonds is 12. The summed E-state index contributed by atoms with van der Waals surface area (Å²) >= 11 is 0. The van der Waals surface area contributed by atoms with Gasteiger partial charge in [0.05, 0.1) is 12.0 Å². The monoisotopic (exact) mass is 582 g/mol. The quantitative estimate of drug-likeness (QED) is 0.214. The molecule has 1 fully saturated rings. The molecule has 0 aliphatic carbocycles. The van der Waals surface area contributed by atoms with E-state index in [4.69, 9.17) is 4.74 Å². The average Bonchev–Trinajstić information content (AvgIpc) is 3.47. The van der Waals surface area contributed by atoms with Crippen LogP contribution in [0.1, 0.15) is 35.8 Å². The van der Waals surface area contributed by atoms with Crippen LogP contribution in [0.5, 0.6) is 0 Å². The molecule has 43 heavy (non-hydrogen) atoms. The first-order valence-corrected chi connectivity index (χ1v) is 14.6. The van der Waals surface area contributed by atoms with Gasteiger partial charge in [-0.3, -0.25) is 19.5 Å². The van der Waals surface area contributed by atoms with Crippen LogP contribution >= 0.6 is 0 Å². The molecule has 4 aromatic rings.